The molecule has 0 atom stereocenters. The minimum Gasteiger partial charge on any atom is -0.350 e. The van der Waals surface area contributed by atoms with Gasteiger partial charge in [0.05, 0.1) is 0 Å². The van der Waals surface area contributed by atoms with Crippen LogP contribution in [0.3, 0.4) is 0 Å². The summed E-state index contributed by atoms with van der Waals surface area (Å²) in [6, 6.07) is 16.3. The average Bonchev–Trinajstić information content (AvgIpc) is 2.53. The summed E-state index contributed by atoms with van der Waals surface area (Å²) in [7, 11) is 0. The number of anilines is 3. The number of hydrogen-bond donors (Lipinski definition) is 2. The molecule has 0 aliphatic rings. The maximum Gasteiger partial charge on any atom is 0.225 e. The molecule has 122 valence electrons. The first-order valence-electron chi connectivity index (χ1n) is 7.46. The summed E-state index contributed by atoms with van der Waals surface area (Å²) in [6.07, 6.45) is 0. The fourth-order valence-corrected chi connectivity index (χ4v) is 2.64. The SMILES string of the molecule is Cc1cc(Nc2cccc(Br)c2)nc(NCc2ccccc2F)n1. The second kappa shape index (κ2) is 7.40. The van der Waals surface area contributed by atoms with Crippen LogP contribution in [-0.2, 0) is 6.54 Å². The minimum atomic E-state index is -0.245. The monoisotopic (exact) mass is 386 g/mol. The molecule has 4 nitrogen and oxygen atoms in total. The molecule has 3 aromatic rings. The van der Waals surface area contributed by atoms with Gasteiger partial charge in [-0.2, -0.15) is 4.98 Å². The molecule has 0 radical (unpaired) electrons. The van der Waals surface area contributed by atoms with E-state index in [1.807, 2.05) is 37.3 Å². The average molecular weight is 387 g/mol. The first-order chi connectivity index (χ1) is 11.6. The molecule has 6 heteroatoms. The van der Waals surface area contributed by atoms with E-state index < -0.39 is 0 Å². The van der Waals surface area contributed by atoms with Gasteiger partial charge in [0, 0.05) is 34.0 Å². The number of nitrogens with one attached hydrogen (secondary N) is 2. The van der Waals surface area contributed by atoms with Crippen LogP contribution in [0, 0.1) is 12.7 Å². The molecule has 0 unspecified atom stereocenters. The Balaban J connectivity index is 1.75. The lowest BCUT2D eigenvalue weighted by Gasteiger charge is -2.10. The zero-order valence-corrected chi connectivity index (χ0v) is 14.6. The maximum atomic E-state index is 13.7. The third kappa shape index (κ3) is 4.29. The highest BCUT2D eigenvalue weighted by atomic mass is 79.9. The fraction of sp³-hybridized carbons (Fsp3) is 0.111. The normalized spacial score (nSPS) is 10.5. The number of aryl methyl sites for hydroxylation is 1. The molecule has 2 N–H and O–H groups in total. The van der Waals surface area contributed by atoms with Crippen molar-refractivity contribution in [3.8, 4) is 0 Å². The van der Waals surface area contributed by atoms with Crippen molar-refractivity contribution in [3.63, 3.8) is 0 Å². The smallest absolute Gasteiger partial charge is 0.225 e. The van der Waals surface area contributed by atoms with E-state index in [4.69, 9.17) is 0 Å². The van der Waals surface area contributed by atoms with Crippen LogP contribution in [0.15, 0.2) is 59.1 Å². The molecular formula is C18H16BrFN4. The van der Waals surface area contributed by atoms with Crippen LogP contribution in [0.25, 0.3) is 0 Å². The van der Waals surface area contributed by atoms with Crippen LogP contribution in [0.1, 0.15) is 11.3 Å². The van der Waals surface area contributed by atoms with Crippen LogP contribution >= 0.6 is 15.9 Å². The Labute approximate surface area is 148 Å². The molecule has 2 aromatic carbocycles. The molecule has 0 bridgehead atoms. The molecule has 0 saturated heterocycles. The van der Waals surface area contributed by atoms with Crippen molar-refractivity contribution in [1.82, 2.24) is 9.97 Å². The molecule has 0 saturated carbocycles. The first-order valence-corrected chi connectivity index (χ1v) is 8.25. The quantitative estimate of drug-likeness (QED) is 0.644. The van der Waals surface area contributed by atoms with Crippen molar-refractivity contribution < 1.29 is 4.39 Å². The van der Waals surface area contributed by atoms with Crippen molar-refractivity contribution >= 4 is 33.4 Å². The zero-order chi connectivity index (χ0) is 16.9. The Hall–Kier alpha value is -2.47. The Bertz CT molecular complexity index is 854. The molecule has 3 rings (SSSR count). The van der Waals surface area contributed by atoms with E-state index in [0.29, 0.717) is 23.9 Å². The summed E-state index contributed by atoms with van der Waals surface area (Å²) >= 11 is 3.44. The van der Waals surface area contributed by atoms with Crippen molar-refractivity contribution in [2.75, 3.05) is 10.6 Å². The van der Waals surface area contributed by atoms with Gasteiger partial charge in [-0.25, -0.2) is 9.37 Å². The standard InChI is InChI=1S/C18H16BrFN4/c1-12-9-17(23-15-7-4-6-14(19)10-15)24-18(22-12)21-11-13-5-2-3-8-16(13)20/h2-10H,11H2,1H3,(H2,21,22,23,24). The van der Waals surface area contributed by atoms with Gasteiger partial charge in [0.2, 0.25) is 5.95 Å². The summed E-state index contributed by atoms with van der Waals surface area (Å²) in [4.78, 5) is 8.78. The number of nitrogens with zero attached hydrogens (tertiary/aromatic N) is 2. The van der Waals surface area contributed by atoms with Crippen LogP contribution in [-0.4, -0.2) is 9.97 Å². The second-order valence-corrected chi connectivity index (χ2v) is 6.21. The van der Waals surface area contributed by atoms with Crippen LogP contribution < -0.4 is 10.6 Å². The van der Waals surface area contributed by atoms with Gasteiger partial charge < -0.3 is 10.6 Å². The van der Waals surface area contributed by atoms with Crippen LogP contribution in [0.5, 0.6) is 0 Å². The van der Waals surface area contributed by atoms with Gasteiger partial charge in [-0.15, -0.1) is 0 Å². The third-order valence-electron chi connectivity index (χ3n) is 3.35. The van der Waals surface area contributed by atoms with Gasteiger partial charge in [-0.05, 0) is 31.2 Å². The van der Waals surface area contributed by atoms with Gasteiger partial charge in [-0.1, -0.05) is 40.2 Å². The predicted molar refractivity (Wildman–Crippen MR) is 97.9 cm³/mol. The highest BCUT2D eigenvalue weighted by Crippen LogP contribution is 2.20. The van der Waals surface area contributed by atoms with Gasteiger partial charge >= 0.3 is 0 Å². The Morgan fingerprint density at radius 2 is 1.88 bits per heavy atom. The maximum absolute atomic E-state index is 13.7. The number of halogens is 2. The van der Waals surface area contributed by atoms with E-state index in [2.05, 4.69) is 36.5 Å². The molecule has 1 aromatic heterocycles. The highest BCUT2D eigenvalue weighted by Gasteiger charge is 2.05. The van der Waals surface area contributed by atoms with E-state index >= 15 is 0 Å². The van der Waals surface area contributed by atoms with Crippen molar-refractivity contribution in [2.45, 2.75) is 13.5 Å². The lowest BCUT2D eigenvalue weighted by molar-refractivity contribution is 0.612. The zero-order valence-electron chi connectivity index (χ0n) is 13.1. The molecule has 0 aliphatic heterocycles. The highest BCUT2D eigenvalue weighted by molar-refractivity contribution is 9.10. The van der Waals surface area contributed by atoms with Gasteiger partial charge in [0.15, 0.2) is 0 Å². The molecule has 24 heavy (non-hydrogen) atoms. The lowest BCUT2D eigenvalue weighted by Crippen LogP contribution is -2.07. The van der Waals surface area contributed by atoms with Crippen molar-refractivity contribution in [2.24, 2.45) is 0 Å². The van der Waals surface area contributed by atoms with Gasteiger partial charge in [0.25, 0.3) is 0 Å². The van der Waals surface area contributed by atoms with Gasteiger partial charge in [-0.3, -0.25) is 0 Å². The molecule has 0 amide bonds. The predicted octanol–water partition coefficient (Wildman–Crippen LogP) is 5.04. The van der Waals surface area contributed by atoms with Crippen LogP contribution in [0.2, 0.25) is 0 Å². The van der Waals surface area contributed by atoms with E-state index in [1.165, 1.54) is 6.07 Å². The van der Waals surface area contributed by atoms with Gasteiger partial charge in [0.1, 0.15) is 11.6 Å². The van der Waals surface area contributed by atoms with E-state index in [1.54, 1.807) is 18.2 Å². The topological polar surface area (TPSA) is 49.8 Å². The summed E-state index contributed by atoms with van der Waals surface area (Å²) in [5.74, 6) is 0.887. The van der Waals surface area contributed by atoms with E-state index in [0.717, 1.165) is 15.9 Å². The Kier molecular flexibility index (Phi) is 5.05. The fourth-order valence-electron chi connectivity index (χ4n) is 2.24. The molecule has 0 fully saturated rings. The van der Waals surface area contributed by atoms with Crippen LogP contribution in [0.4, 0.5) is 21.8 Å². The summed E-state index contributed by atoms with van der Waals surface area (Å²) < 4.78 is 14.7. The largest absolute Gasteiger partial charge is 0.350 e. The van der Waals surface area contributed by atoms with E-state index in [-0.39, 0.29) is 5.82 Å². The summed E-state index contributed by atoms with van der Waals surface area (Å²) in [5, 5.41) is 6.31. The molecular weight excluding hydrogens is 371 g/mol. The van der Waals surface area contributed by atoms with Crippen molar-refractivity contribution in [1.29, 1.82) is 0 Å². The summed E-state index contributed by atoms with van der Waals surface area (Å²) in [5.41, 5.74) is 2.31. The third-order valence-corrected chi connectivity index (χ3v) is 3.84. The molecule has 1 heterocycles. The number of hydrogen-bond acceptors (Lipinski definition) is 4. The number of rotatable bonds is 5. The molecule has 0 aliphatic carbocycles. The minimum absolute atomic E-state index is 0.245. The van der Waals surface area contributed by atoms with E-state index in [9.17, 15) is 4.39 Å². The number of benzene rings is 2. The number of aromatic nitrogens is 2. The molecule has 0 spiro atoms. The lowest BCUT2D eigenvalue weighted by atomic mass is 10.2. The van der Waals surface area contributed by atoms with Crippen molar-refractivity contribution in [3.05, 3.63) is 76.1 Å². The second-order valence-electron chi connectivity index (χ2n) is 5.30. The Morgan fingerprint density at radius 3 is 2.67 bits per heavy atom. The first kappa shape index (κ1) is 16.4. The summed E-state index contributed by atoms with van der Waals surface area (Å²) in [6.45, 7) is 2.22. The Morgan fingerprint density at radius 1 is 1.04 bits per heavy atom.